The fourth-order valence-corrected chi connectivity index (χ4v) is 2.84. The van der Waals surface area contributed by atoms with Gasteiger partial charge >= 0.3 is 12.1 Å². The van der Waals surface area contributed by atoms with Crippen molar-refractivity contribution in [2.24, 2.45) is 0 Å². The van der Waals surface area contributed by atoms with Gasteiger partial charge in [0.1, 0.15) is 23.6 Å². The fourth-order valence-electron chi connectivity index (χ4n) is 2.84. The lowest BCUT2D eigenvalue weighted by Crippen LogP contribution is -2.71. The Morgan fingerprint density at radius 2 is 2.00 bits per heavy atom. The lowest BCUT2D eigenvalue weighted by molar-refractivity contribution is -0.155. The molecule has 8 heteroatoms. The first kappa shape index (κ1) is 18.7. The molecule has 0 aromatic heterocycles. The number of alkyl carbamates (subject to hydrolysis) is 1. The molecule has 0 unspecified atom stereocenters. The molecule has 136 valence electrons. The summed E-state index contributed by atoms with van der Waals surface area (Å²) in [5.74, 6) is -1.13. The molecule has 2 heterocycles. The molecule has 25 heavy (non-hydrogen) atoms. The van der Waals surface area contributed by atoms with Crippen LogP contribution in [-0.4, -0.2) is 46.8 Å². The molecule has 8 nitrogen and oxygen atoms in total. The highest BCUT2D eigenvalue weighted by molar-refractivity contribution is 6.04. The molecule has 0 bridgehead atoms. The van der Waals surface area contributed by atoms with Crippen LogP contribution in [0.5, 0.6) is 0 Å². The van der Waals surface area contributed by atoms with Crippen molar-refractivity contribution >= 4 is 24.3 Å². The van der Waals surface area contributed by atoms with Gasteiger partial charge in [0, 0.05) is 5.57 Å². The molecule has 2 aliphatic heterocycles. The molecular formula is C17H22N2O6. The quantitative estimate of drug-likeness (QED) is 0.356. The molecule has 2 amide bonds. The van der Waals surface area contributed by atoms with Crippen LogP contribution in [0, 0.1) is 0 Å². The summed E-state index contributed by atoms with van der Waals surface area (Å²) in [7, 11) is 0. The van der Waals surface area contributed by atoms with Gasteiger partial charge in [-0.1, -0.05) is 6.58 Å². The van der Waals surface area contributed by atoms with Crippen LogP contribution < -0.4 is 5.32 Å². The van der Waals surface area contributed by atoms with Gasteiger partial charge in [0.25, 0.3) is 5.91 Å². The molecule has 1 N–H and O–H groups in total. The van der Waals surface area contributed by atoms with E-state index in [2.05, 4.69) is 11.9 Å². The molecule has 0 aromatic carbocycles. The van der Waals surface area contributed by atoms with E-state index in [4.69, 9.17) is 9.47 Å². The summed E-state index contributed by atoms with van der Waals surface area (Å²) in [5.41, 5.74) is -0.572. The number of allylic oxidation sites excluding steroid dienone is 2. The maximum absolute atomic E-state index is 12.4. The summed E-state index contributed by atoms with van der Waals surface area (Å²) in [6.07, 6.45) is 0.601. The fraction of sp³-hybridized carbons (Fsp3) is 0.529. The van der Waals surface area contributed by atoms with Crippen molar-refractivity contribution in [3.05, 3.63) is 23.6 Å². The molecular weight excluding hydrogens is 328 g/mol. The number of aldehydes is 1. The molecule has 2 aliphatic rings. The minimum Gasteiger partial charge on any atom is -0.444 e. The van der Waals surface area contributed by atoms with Gasteiger partial charge in [-0.15, -0.1) is 0 Å². The Morgan fingerprint density at radius 1 is 1.36 bits per heavy atom. The van der Waals surface area contributed by atoms with E-state index in [0.29, 0.717) is 19.1 Å². The highest BCUT2D eigenvalue weighted by Gasteiger charge is 2.54. The first-order valence-electron chi connectivity index (χ1n) is 7.93. The van der Waals surface area contributed by atoms with Crippen LogP contribution in [0.1, 0.15) is 40.5 Å². The second kappa shape index (κ2) is 6.70. The number of carbonyl (C=O) groups excluding carboxylic acids is 4. The van der Waals surface area contributed by atoms with Gasteiger partial charge < -0.3 is 14.8 Å². The average molecular weight is 350 g/mol. The SMILES string of the molecule is C=C(C)OC(=O)C1=C(C=O)CC[C@@H]2[C@H](NC(=O)OC(C)(C)C)C(=O)N12. The number of amides is 2. The molecule has 2 atom stereocenters. The van der Waals surface area contributed by atoms with E-state index in [1.54, 1.807) is 20.8 Å². The number of ether oxygens (including phenoxy) is 2. The topological polar surface area (TPSA) is 102 Å². The summed E-state index contributed by atoms with van der Waals surface area (Å²) < 4.78 is 10.1. The molecule has 1 saturated heterocycles. The lowest BCUT2D eigenvalue weighted by atomic mass is 9.84. The maximum atomic E-state index is 12.4. The van der Waals surface area contributed by atoms with Crippen LogP contribution in [0.3, 0.4) is 0 Å². The van der Waals surface area contributed by atoms with Crippen LogP contribution in [-0.2, 0) is 23.9 Å². The molecule has 0 aromatic rings. The van der Waals surface area contributed by atoms with Gasteiger partial charge in [0.2, 0.25) is 0 Å². The van der Waals surface area contributed by atoms with E-state index in [9.17, 15) is 19.2 Å². The Kier molecular flexibility index (Phi) is 5.01. The number of hydrogen-bond acceptors (Lipinski definition) is 6. The Bertz CT molecular complexity index is 673. The second-order valence-corrected chi connectivity index (χ2v) is 7.02. The summed E-state index contributed by atoms with van der Waals surface area (Å²) in [5, 5.41) is 2.52. The Morgan fingerprint density at radius 3 is 2.52 bits per heavy atom. The molecule has 2 rings (SSSR count). The van der Waals surface area contributed by atoms with Crippen LogP contribution in [0.2, 0.25) is 0 Å². The van der Waals surface area contributed by atoms with Gasteiger partial charge in [-0.2, -0.15) is 0 Å². The maximum Gasteiger partial charge on any atom is 0.408 e. The van der Waals surface area contributed by atoms with E-state index in [0.717, 1.165) is 0 Å². The monoisotopic (exact) mass is 350 g/mol. The normalized spacial score (nSPS) is 22.6. The van der Waals surface area contributed by atoms with Crippen molar-refractivity contribution < 1.29 is 28.7 Å². The van der Waals surface area contributed by atoms with Crippen LogP contribution in [0.15, 0.2) is 23.6 Å². The Balaban J connectivity index is 2.16. The standard InChI is InChI=1S/C17H22N2O6/c1-9(2)24-15(22)13-10(8-20)6-7-11-12(14(21)19(11)13)18-16(23)25-17(3,4)5/h8,11-12H,1,6-7H2,2-5H3,(H,18,23)/t11-,12+/m1/s1. The minimum absolute atomic E-state index is 0.0820. The van der Waals surface area contributed by atoms with Crippen molar-refractivity contribution in [2.45, 2.75) is 58.2 Å². The van der Waals surface area contributed by atoms with Crippen molar-refractivity contribution in [1.82, 2.24) is 10.2 Å². The Labute approximate surface area is 145 Å². The van der Waals surface area contributed by atoms with E-state index in [1.165, 1.54) is 11.8 Å². The molecule has 1 fully saturated rings. The third-order valence-corrected chi connectivity index (χ3v) is 3.75. The van der Waals surface area contributed by atoms with E-state index in [-0.39, 0.29) is 17.0 Å². The van der Waals surface area contributed by atoms with Crippen LogP contribution >= 0.6 is 0 Å². The van der Waals surface area contributed by atoms with Crippen molar-refractivity contribution in [3.8, 4) is 0 Å². The number of carbonyl (C=O) groups is 4. The van der Waals surface area contributed by atoms with Crippen LogP contribution in [0.4, 0.5) is 4.79 Å². The van der Waals surface area contributed by atoms with E-state index in [1.807, 2.05) is 0 Å². The van der Waals surface area contributed by atoms with Gasteiger partial charge in [0.05, 0.1) is 11.8 Å². The first-order chi connectivity index (χ1) is 11.5. The van der Waals surface area contributed by atoms with Crippen molar-refractivity contribution in [1.29, 1.82) is 0 Å². The predicted molar refractivity (Wildman–Crippen MR) is 87.0 cm³/mol. The van der Waals surface area contributed by atoms with Gasteiger partial charge in [0.15, 0.2) is 0 Å². The van der Waals surface area contributed by atoms with Crippen molar-refractivity contribution in [3.63, 3.8) is 0 Å². The summed E-state index contributed by atoms with van der Waals surface area (Å²) >= 11 is 0. The number of nitrogens with zero attached hydrogens (tertiary/aromatic N) is 1. The van der Waals surface area contributed by atoms with Gasteiger partial charge in [-0.05, 0) is 40.5 Å². The smallest absolute Gasteiger partial charge is 0.408 e. The number of fused-ring (bicyclic) bond motifs is 1. The molecule has 0 aliphatic carbocycles. The third-order valence-electron chi connectivity index (χ3n) is 3.75. The zero-order valence-corrected chi connectivity index (χ0v) is 14.8. The number of rotatable bonds is 4. The Hall–Kier alpha value is -2.64. The molecule has 0 saturated carbocycles. The number of nitrogens with one attached hydrogen (secondary N) is 1. The van der Waals surface area contributed by atoms with E-state index >= 15 is 0 Å². The van der Waals surface area contributed by atoms with Gasteiger partial charge in [-0.25, -0.2) is 9.59 Å². The minimum atomic E-state index is -0.802. The highest BCUT2D eigenvalue weighted by atomic mass is 16.6. The van der Waals surface area contributed by atoms with Crippen molar-refractivity contribution in [2.75, 3.05) is 0 Å². The largest absolute Gasteiger partial charge is 0.444 e. The zero-order valence-electron chi connectivity index (χ0n) is 14.8. The summed E-state index contributed by atoms with van der Waals surface area (Å²) in [4.78, 5) is 49.0. The molecule has 0 spiro atoms. The number of β-lactam (4-membered cyclic amide) rings is 1. The van der Waals surface area contributed by atoms with Gasteiger partial charge in [-0.3, -0.25) is 14.5 Å². The first-order valence-corrected chi connectivity index (χ1v) is 7.93. The lowest BCUT2D eigenvalue weighted by Gasteiger charge is -2.49. The predicted octanol–water partition coefficient (Wildman–Crippen LogP) is 1.41. The third kappa shape index (κ3) is 3.89. The highest BCUT2D eigenvalue weighted by Crippen LogP contribution is 2.36. The number of hydrogen-bond donors (Lipinski definition) is 1. The summed E-state index contributed by atoms with van der Waals surface area (Å²) in [6.45, 7) is 10.1. The number of esters is 1. The summed E-state index contributed by atoms with van der Waals surface area (Å²) in [6, 6.07) is -1.22. The zero-order chi connectivity index (χ0) is 18.9. The second-order valence-electron chi connectivity index (χ2n) is 7.02. The molecule has 0 radical (unpaired) electrons. The van der Waals surface area contributed by atoms with E-state index < -0.39 is 35.7 Å². The van der Waals surface area contributed by atoms with Crippen LogP contribution in [0.25, 0.3) is 0 Å². The average Bonchev–Trinajstić information content (AvgIpc) is 2.48.